The largest absolute Gasteiger partial charge is 0.497 e. The molecule has 0 spiro atoms. The molecule has 29 heavy (non-hydrogen) atoms. The van der Waals surface area contributed by atoms with Gasteiger partial charge in [-0.2, -0.15) is 10.1 Å². The van der Waals surface area contributed by atoms with E-state index >= 15 is 0 Å². The van der Waals surface area contributed by atoms with E-state index in [-0.39, 0.29) is 12.5 Å². The summed E-state index contributed by atoms with van der Waals surface area (Å²) < 4.78 is 22.6. The van der Waals surface area contributed by atoms with E-state index < -0.39 is 5.97 Å². The standard InChI is InChI=1S/C19H17N5O5/c1-11-16(18-20-7-4-8-24(18)22-11)19(25)28-10-15-21-17(23-29-15)13-6-5-12(26-2)9-14(13)27-3/h4-9H,10H2,1-3H3. The Labute approximate surface area is 165 Å². The number of rotatable bonds is 6. The predicted octanol–water partition coefficient (Wildman–Crippen LogP) is 2.46. The van der Waals surface area contributed by atoms with Crippen molar-refractivity contribution in [3.63, 3.8) is 0 Å². The molecule has 0 radical (unpaired) electrons. The summed E-state index contributed by atoms with van der Waals surface area (Å²) in [4.78, 5) is 21.0. The summed E-state index contributed by atoms with van der Waals surface area (Å²) >= 11 is 0. The monoisotopic (exact) mass is 395 g/mol. The van der Waals surface area contributed by atoms with E-state index in [1.165, 1.54) is 11.6 Å². The zero-order chi connectivity index (χ0) is 20.4. The smallest absolute Gasteiger partial charge is 0.344 e. The molecule has 1 aromatic carbocycles. The number of methoxy groups -OCH3 is 2. The molecule has 0 aliphatic heterocycles. The van der Waals surface area contributed by atoms with E-state index in [4.69, 9.17) is 18.7 Å². The maximum absolute atomic E-state index is 12.5. The number of carbonyl (C=O) groups excluding carboxylic acids is 1. The van der Waals surface area contributed by atoms with E-state index in [1.807, 2.05) is 0 Å². The SMILES string of the molecule is COc1ccc(-c2noc(COC(=O)c3c(C)nn4cccnc34)n2)c(OC)c1. The van der Waals surface area contributed by atoms with Gasteiger partial charge >= 0.3 is 5.97 Å². The highest BCUT2D eigenvalue weighted by Crippen LogP contribution is 2.31. The maximum atomic E-state index is 12.5. The highest BCUT2D eigenvalue weighted by Gasteiger charge is 2.21. The van der Waals surface area contributed by atoms with Crippen molar-refractivity contribution in [2.45, 2.75) is 13.5 Å². The molecule has 0 unspecified atom stereocenters. The van der Waals surface area contributed by atoms with Crippen LogP contribution in [-0.2, 0) is 11.3 Å². The Morgan fingerprint density at radius 3 is 2.90 bits per heavy atom. The van der Waals surface area contributed by atoms with Crippen LogP contribution in [0.2, 0.25) is 0 Å². The Bertz CT molecular complexity index is 1180. The number of nitrogens with zero attached hydrogens (tertiary/aromatic N) is 5. The molecule has 0 N–H and O–H groups in total. The Kier molecular flexibility index (Phi) is 4.82. The molecule has 0 fully saturated rings. The summed E-state index contributed by atoms with van der Waals surface area (Å²) in [5.41, 5.74) is 1.85. The molecule has 0 aliphatic rings. The van der Waals surface area contributed by atoms with Gasteiger partial charge in [0.2, 0.25) is 5.82 Å². The van der Waals surface area contributed by atoms with Crippen LogP contribution >= 0.6 is 0 Å². The number of esters is 1. The first-order valence-electron chi connectivity index (χ1n) is 8.62. The summed E-state index contributed by atoms with van der Waals surface area (Å²) in [7, 11) is 3.10. The molecule has 4 rings (SSSR count). The van der Waals surface area contributed by atoms with Gasteiger partial charge < -0.3 is 18.7 Å². The number of carbonyl (C=O) groups is 1. The minimum absolute atomic E-state index is 0.147. The van der Waals surface area contributed by atoms with Gasteiger partial charge in [0.1, 0.15) is 17.1 Å². The average Bonchev–Trinajstić information content (AvgIpc) is 3.35. The van der Waals surface area contributed by atoms with Crippen molar-refractivity contribution in [1.29, 1.82) is 0 Å². The molecular formula is C19H17N5O5. The molecule has 0 saturated carbocycles. The van der Waals surface area contributed by atoms with Gasteiger partial charge in [0.25, 0.3) is 5.89 Å². The van der Waals surface area contributed by atoms with Gasteiger partial charge in [-0.05, 0) is 25.1 Å². The van der Waals surface area contributed by atoms with Crippen LogP contribution in [0.4, 0.5) is 0 Å². The van der Waals surface area contributed by atoms with Crippen molar-refractivity contribution in [2.75, 3.05) is 14.2 Å². The van der Waals surface area contributed by atoms with E-state index in [0.717, 1.165) is 0 Å². The first-order chi connectivity index (χ1) is 14.1. The van der Waals surface area contributed by atoms with E-state index in [9.17, 15) is 4.79 Å². The zero-order valence-corrected chi connectivity index (χ0v) is 15.9. The van der Waals surface area contributed by atoms with Crippen LogP contribution in [0.15, 0.2) is 41.2 Å². The second kappa shape index (κ2) is 7.58. The molecule has 0 aliphatic carbocycles. The third kappa shape index (κ3) is 3.47. The van der Waals surface area contributed by atoms with Gasteiger partial charge in [-0.3, -0.25) is 0 Å². The summed E-state index contributed by atoms with van der Waals surface area (Å²) in [5.74, 6) is 1.05. The number of aryl methyl sites for hydroxylation is 1. The summed E-state index contributed by atoms with van der Waals surface area (Å²) in [6, 6.07) is 6.95. The number of benzene rings is 1. The molecule has 10 nitrogen and oxygen atoms in total. The molecule has 3 heterocycles. The Morgan fingerprint density at radius 1 is 1.24 bits per heavy atom. The van der Waals surface area contributed by atoms with E-state index in [0.29, 0.717) is 39.8 Å². The van der Waals surface area contributed by atoms with E-state index in [1.54, 1.807) is 50.7 Å². The first kappa shape index (κ1) is 18.4. The third-order valence-electron chi connectivity index (χ3n) is 4.22. The summed E-state index contributed by atoms with van der Waals surface area (Å²) in [6.45, 7) is 1.53. The van der Waals surface area contributed by atoms with Crippen LogP contribution in [0.5, 0.6) is 11.5 Å². The molecule has 0 saturated heterocycles. The lowest BCUT2D eigenvalue weighted by molar-refractivity contribution is 0.0431. The molecule has 3 aromatic heterocycles. The van der Waals surface area contributed by atoms with Crippen LogP contribution in [0.1, 0.15) is 21.9 Å². The van der Waals surface area contributed by atoms with Crippen LogP contribution in [-0.4, -0.2) is 44.9 Å². The zero-order valence-electron chi connectivity index (χ0n) is 15.9. The van der Waals surface area contributed by atoms with E-state index in [2.05, 4.69) is 20.2 Å². The fraction of sp³-hybridized carbons (Fsp3) is 0.211. The van der Waals surface area contributed by atoms with Crippen molar-refractivity contribution in [3.8, 4) is 22.9 Å². The van der Waals surface area contributed by atoms with Gasteiger partial charge in [0.05, 0.1) is 25.5 Å². The molecule has 0 atom stereocenters. The fourth-order valence-electron chi connectivity index (χ4n) is 2.84. The lowest BCUT2D eigenvalue weighted by Crippen LogP contribution is -2.07. The normalized spacial score (nSPS) is 10.9. The van der Waals surface area contributed by atoms with Crippen molar-refractivity contribution in [1.82, 2.24) is 24.7 Å². The molecule has 4 aromatic rings. The van der Waals surface area contributed by atoms with Crippen LogP contribution < -0.4 is 9.47 Å². The quantitative estimate of drug-likeness (QED) is 0.454. The van der Waals surface area contributed by atoms with Crippen molar-refractivity contribution < 1.29 is 23.5 Å². The first-order valence-corrected chi connectivity index (χ1v) is 8.62. The number of fused-ring (bicyclic) bond motifs is 1. The third-order valence-corrected chi connectivity index (χ3v) is 4.22. The second-order valence-electron chi connectivity index (χ2n) is 6.00. The van der Waals surface area contributed by atoms with Crippen molar-refractivity contribution >= 4 is 11.6 Å². The number of hydrogen-bond donors (Lipinski definition) is 0. The van der Waals surface area contributed by atoms with Gasteiger partial charge in [0, 0.05) is 18.5 Å². The molecule has 148 valence electrons. The molecule has 0 bridgehead atoms. The topological polar surface area (TPSA) is 114 Å². The highest BCUT2D eigenvalue weighted by molar-refractivity contribution is 5.97. The molecule has 10 heteroatoms. The van der Waals surface area contributed by atoms with Gasteiger partial charge in [-0.1, -0.05) is 5.16 Å². The summed E-state index contributed by atoms with van der Waals surface area (Å²) in [6.07, 6.45) is 3.29. The Balaban J connectivity index is 1.51. The van der Waals surface area contributed by atoms with Crippen LogP contribution in [0.25, 0.3) is 17.0 Å². The lowest BCUT2D eigenvalue weighted by atomic mass is 10.2. The van der Waals surface area contributed by atoms with Crippen LogP contribution in [0.3, 0.4) is 0 Å². The second-order valence-corrected chi connectivity index (χ2v) is 6.00. The Morgan fingerprint density at radius 2 is 2.10 bits per heavy atom. The van der Waals surface area contributed by atoms with Gasteiger partial charge in [-0.25, -0.2) is 14.3 Å². The van der Waals surface area contributed by atoms with Crippen molar-refractivity contribution in [3.05, 3.63) is 53.8 Å². The number of hydrogen-bond acceptors (Lipinski definition) is 9. The number of ether oxygens (including phenoxy) is 3. The minimum Gasteiger partial charge on any atom is -0.497 e. The molecule has 0 amide bonds. The minimum atomic E-state index is -0.571. The molecular weight excluding hydrogens is 378 g/mol. The lowest BCUT2D eigenvalue weighted by Gasteiger charge is -2.07. The van der Waals surface area contributed by atoms with Crippen LogP contribution in [0, 0.1) is 6.92 Å². The van der Waals surface area contributed by atoms with Gasteiger partial charge in [-0.15, -0.1) is 0 Å². The highest BCUT2D eigenvalue weighted by atomic mass is 16.6. The maximum Gasteiger partial charge on any atom is 0.344 e. The average molecular weight is 395 g/mol. The Hall–Kier alpha value is -3.95. The summed E-state index contributed by atoms with van der Waals surface area (Å²) in [5, 5.41) is 8.18. The van der Waals surface area contributed by atoms with Crippen molar-refractivity contribution in [2.24, 2.45) is 0 Å². The number of aromatic nitrogens is 5. The fourth-order valence-corrected chi connectivity index (χ4v) is 2.84. The van der Waals surface area contributed by atoms with Gasteiger partial charge in [0.15, 0.2) is 12.3 Å². The predicted molar refractivity (Wildman–Crippen MR) is 99.7 cm³/mol.